The quantitative estimate of drug-likeness (QED) is 0.304. The molecule has 0 saturated heterocycles. The second-order valence-electron chi connectivity index (χ2n) is 7.35. The summed E-state index contributed by atoms with van der Waals surface area (Å²) in [4.78, 5) is 11.0. The van der Waals surface area contributed by atoms with Crippen molar-refractivity contribution in [1.29, 1.82) is 0 Å². The minimum Gasteiger partial charge on any atom is -0.478 e. The number of aromatic carboxylic acids is 1. The predicted molar refractivity (Wildman–Crippen MR) is 135 cm³/mol. The molecule has 0 aliphatic rings. The summed E-state index contributed by atoms with van der Waals surface area (Å²) < 4.78 is 70.3. The molecule has 0 unspecified atom stereocenters. The van der Waals surface area contributed by atoms with Crippen molar-refractivity contribution in [1.82, 2.24) is 0 Å². The molecule has 0 atom stereocenters. The minimum absolute atomic E-state index is 0.00504. The van der Waals surface area contributed by atoms with Crippen LogP contribution >= 0.6 is 39.1 Å². The number of rotatable bonds is 7. The average Bonchev–Trinajstić information content (AvgIpc) is 2.71. The molecule has 0 radical (unpaired) electrons. The highest BCUT2D eigenvalue weighted by Crippen LogP contribution is 2.31. The molecule has 3 N–H and O–H groups in total. The molecular formula is C21H16BrCl2FN2O6S2. The lowest BCUT2D eigenvalue weighted by Gasteiger charge is -2.17. The maximum atomic E-state index is 13.8. The van der Waals surface area contributed by atoms with Gasteiger partial charge in [-0.15, -0.1) is 0 Å². The summed E-state index contributed by atoms with van der Waals surface area (Å²) >= 11 is 14.7. The monoisotopic (exact) mass is 624 g/mol. The Hall–Kier alpha value is -2.38. The molecule has 35 heavy (non-hydrogen) atoms. The average molecular weight is 626 g/mol. The van der Waals surface area contributed by atoms with E-state index >= 15 is 0 Å². The Balaban J connectivity index is 2.12. The number of carbonyl (C=O) groups is 1. The summed E-state index contributed by atoms with van der Waals surface area (Å²) in [6.45, 7) is 2.74. The van der Waals surface area contributed by atoms with Crippen LogP contribution in [0.2, 0.25) is 10.0 Å². The summed E-state index contributed by atoms with van der Waals surface area (Å²) in [5.74, 6) is -2.08. The summed E-state index contributed by atoms with van der Waals surface area (Å²) in [7, 11) is -8.77. The predicted octanol–water partition coefficient (Wildman–Crippen LogP) is 5.81. The van der Waals surface area contributed by atoms with Gasteiger partial charge in [-0.3, -0.25) is 9.44 Å². The fourth-order valence-corrected chi connectivity index (χ4v) is 6.63. The summed E-state index contributed by atoms with van der Waals surface area (Å²) in [6, 6.07) is 7.85. The van der Waals surface area contributed by atoms with Crippen molar-refractivity contribution in [2.75, 3.05) is 9.44 Å². The summed E-state index contributed by atoms with van der Waals surface area (Å²) in [5.41, 5.74) is -0.625. The molecule has 0 spiro atoms. The topological polar surface area (TPSA) is 130 Å². The van der Waals surface area contributed by atoms with Gasteiger partial charge < -0.3 is 5.11 Å². The first-order valence-electron chi connectivity index (χ1n) is 9.46. The van der Waals surface area contributed by atoms with Crippen molar-refractivity contribution >= 4 is 76.5 Å². The molecule has 0 fully saturated rings. The first kappa shape index (κ1) is 27.2. The van der Waals surface area contributed by atoms with Crippen molar-refractivity contribution in [2.45, 2.75) is 23.6 Å². The van der Waals surface area contributed by atoms with E-state index in [0.29, 0.717) is 0 Å². The Kier molecular flexibility index (Phi) is 7.73. The number of carboxylic acids is 1. The SMILES string of the molecule is Cc1cc(F)c(Br)cc1NS(=O)(=O)c1cc(NS(=O)(=O)c2cc(Cl)cc(Cl)c2)cc(C(=O)O)c1C. The highest BCUT2D eigenvalue weighted by atomic mass is 79.9. The van der Waals surface area contributed by atoms with Crippen molar-refractivity contribution in [3.8, 4) is 0 Å². The normalized spacial score (nSPS) is 11.8. The van der Waals surface area contributed by atoms with Crippen molar-refractivity contribution in [3.05, 3.63) is 79.5 Å². The third-order valence-electron chi connectivity index (χ3n) is 4.79. The van der Waals surface area contributed by atoms with Gasteiger partial charge in [0.15, 0.2) is 0 Å². The van der Waals surface area contributed by atoms with Gasteiger partial charge in [0.2, 0.25) is 0 Å². The van der Waals surface area contributed by atoms with Crippen LogP contribution in [-0.4, -0.2) is 27.9 Å². The Morgan fingerprint density at radius 3 is 2.09 bits per heavy atom. The molecule has 0 bridgehead atoms. The van der Waals surface area contributed by atoms with E-state index in [-0.39, 0.29) is 41.9 Å². The second-order valence-corrected chi connectivity index (χ2v) is 12.4. The molecule has 0 aliphatic carbocycles. The van der Waals surface area contributed by atoms with Gasteiger partial charge in [-0.05, 0) is 83.4 Å². The zero-order valence-corrected chi connectivity index (χ0v) is 22.6. The fourth-order valence-electron chi connectivity index (χ4n) is 3.10. The third-order valence-corrected chi connectivity index (χ3v) is 8.69. The van der Waals surface area contributed by atoms with Gasteiger partial charge in [-0.25, -0.2) is 26.0 Å². The molecule has 0 saturated carbocycles. The Morgan fingerprint density at radius 2 is 1.51 bits per heavy atom. The van der Waals surface area contributed by atoms with Crippen LogP contribution < -0.4 is 9.44 Å². The summed E-state index contributed by atoms with van der Waals surface area (Å²) in [5, 5.41) is 9.68. The smallest absolute Gasteiger partial charge is 0.336 e. The number of benzene rings is 3. The Labute approximate surface area is 219 Å². The minimum atomic E-state index is -4.44. The zero-order chi connectivity index (χ0) is 26.3. The van der Waals surface area contributed by atoms with Crippen molar-refractivity contribution < 1.29 is 31.1 Å². The van der Waals surface area contributed by atoms with Gasteiger partial charge in [0.1, 0.15) is 5.82 Å². The van der Waals surface area contributed by atoms with Crippen molar-refractivity contribution in [2.24, 2.45) is 0 Å². The molecular weight excluding hydrogens is 610 g/mol. The molecule has 186 valence electrons. The van der Waals surface area contributed by atoms with Crippen LogP contribution in [0.3, 0.4) is 0 Å². The van der Waals surface area contributed by atoms with E-state index in [1.807, 2.05) is 0 Å². The van der Waals surface area contributed by atoms with Crippen LogP contribution in [0.15, 0.2) is 56.7 Å². The van der Waals surface area contributed by atoms with Gasteiger partial charge in [-0.2, -0.15) is 0 Å². The second kappa shape index (κ2) is 9.94. The van der Waals surface area contributed by atoms with Gasteiger partial charge in [0.25, 0.3) is 20.0 Å². The number of hydrogen-bond donors (Lipinski definition) is 3. The fraction of sp³-hybridized carbons (Fsp3) is 0.0952. The standard InChI is InChI=1S/C21H16BrCl2FN2O6S2/c1-10-3-18(25)17(22)9-19(10)27-35(32,33)20-8-14(7-16(11(20)2)21(28)29)26-34(30,31)15-5-12(23)4-13(24)6-15/h3-9,26-27H,1-2H3,(H,28,29). The van der Waals surface area contributed by atoms with Gasteiger partial charge in [-0.1, -0.05) is 23.2 Å². The zero-order valence-electron chi connectivity index (χ0n) is 17.9. The highest BCUT2D eigenvalue weighted by Gasteiger charge is 2.25. The lowest BCUT2D eigenvalue weighted by Crippen LogP contribution is -2.19. The molecule has 3 aromatic carbocycles. The van der Waals surface area contributed by atoms with Crippen LogP contribution in [0.25, 0.3) is 0 Å². The number of nitrogens with one attached hydrogen (secondary N) is 2. The third kappa shape index (κ3) is 6.07. The van der Waals surface area contributed by atoms with Crippen LogP contribution in [0.1, 0.15) is 21.5 Å². The van der Waals surface area contributed by atoms with Crippen LogP contribution in [0.5, 0.6) is 0 Å². The molecule has 14 heteroatoms. The molecule has 0 aliphatic heterocycles. The number of anilines is 2. The van der Waals surface area contributed by atoms with Gasteiger partial charge in [0.05, 0.1) is 31.2 Å². The van der Waals surface area contributed by atoms with Crippen molar-refractivity contribution in [3.63, 3.8) is 0 Å². The first-order valence-corrected chi connectivity index (χ1v) is 14.0. The van der Waals surface area contributed by atoms with Crippen LogP contribution in [0, 0.1) is 19.7 Å². The van der Waals surface area contributed by atoms with E-state index in [1.165, 1.54) is 26.0 Å². The van der Waals surface area contributed by atoms with E-state index in [0.717, 1.165) is 30.3 Å². The lowest BCUT2D eigenvalue weighted by atomic mass is 10.1. The van der Waals surface area contributed by atoms with E-state index < -0.39 is 42.3 Å². The van der Waals surface area contributed by atoms with E-state index in [4.69, 9.17) is 23.2 Å². The van der Waals surface area contributed by atoms with Gasteiger partial charge in [0, 0.05) is 10.0 Å². The van der Waals surface area contributed by atoms with E-state index in [2.05, 4.69) is 25.4 Å². The molecule has 3 aromatic rings. The van der Waals surface area contributed by atoms with Crippen LogP contribution in [0.4, 0.5) is 15.8 Å². The molecule has 8 nitrogen and oxygen atoms in total. The molecule has 3 rings (SSSR count). The lowest BCUT2D eigenvalue weighted by molar-refractivity contribution is 0.0696. The highest BCUT2D eigenvalue weighted by molar-refractivity contribution is 9.10. The molecule has 0 heterocycles. The Bertz CT molecular complexity index is 1560. The van der Waals surface area contributed by atoms with Crippen LogP contribution in [-0.2, 0) is 20.0 Å². The van der Waals surface area contributed by atoms with Gasteiger partial charge >= 0.3 is 5.97 Å². The number of halogens is 4. The number of aryl methyl sites for hydroxylation is 1. The van der Waals surface area contributed by atoms with E-state index in [1.54, 1.807) is 0 Å². The molecule has 0 aromatic heterocycles. The number of hydrogen-bond acceptors (Lipinski definition) is 5. The summed E-state index contributed by atoms with van der Waals surface area (Å²) in [6.07, 6.45) is 0. The largest absolute Gasteiger partial charge is 0.478 e. The first-order chi connectivity index (χ1) is 16.1. The van der Waals surface area contributed by atoms with E-state index in [9.17, 15) is 31.1 Å². The maximum Gasteiger partial charge on any atom is 0.336 e. The maximum absolute atomic E-state index is 13.8. The number of sulfonamides is 2. The molecule has 0 amide bonds. The Morgan fingerprint density at radius 1 is 0.914 bits per heavy atom. The number of carboxylic acid groups (broad SMARTS) is 1.